The zero-order valence-electron chi connectivity index (χ0n) is 14.5. The molecule has 0 aliphatic heterocycles. The second kappa shape index (κ2) is 10.3. The highest BCUT2D eigenvalue weighted by atomic mass is 35.5. The van der Waals surface area contributed by atoms with Crippen molar-refractivity contribution in [3.63, 3.8) is 0 Å². The molecule has 1 aromatic heterocycles. The van der Waals surface area contributed by atoms with Crippen molar-refractivity contribution >= 4 is 28.8 Å². The van der Waals surface area contributed by atoms with E-state index in [0.717, 1.165) is 20.7 Å². The number of nitrogens with zero attached hydrogens (tertiary/aromatic N) is 1. The molecule has 1 heterocycles. The van der Waals surface area contributed by atoms with Crippen molar-refractivity contribution in [1.82, 2.24) is 10.2 Å². The molecule has 136 valence electrons. The van der Waals surface area contributed by atoms with Gasteiger partial charge in [0.2, 0.25) is 5.91 Å². The number of hydrogen-bond donors (Lipinski definition) is 1. The van der Waals surface area contributed by atoms with E-state index < -0.39 is 0 Å². The predicted octanol–water partition coefficient (Wildman–Crippen LogP) is 3.43. The van der Waals surface area contributed by atoms with Crippen LogP contribution in [0, 0.1) is 0 Å². The molecule has 1 aromatic carbocycles. The van der Waals surface area contributed by atoms with Crippen LogP contribution in [0.25, 0.3) is 0 Å². The van der Waals surface area contributed by atoms with Gasteiger partial charge in [-0.3, -0.25) is 9.69 Å². The predicted molar refractivity (Wildman–Crippen MR) is 102 cm³/mol. The van der Waals surface area contributed by atoms with Crippen molar-refractivity contribution in [2.24, 2.45) is 0 Å². The summed E-state index contributed by atoms with van der Waals surface area (Å²) in [5, 5.41) is 2.85. The van der Waals surface area contributed by atoms with Crippen molar-refractivity contribution in [3.8, 4) is 11.5 Å². The van der Waals surface area contributed by atoms with E-state index >= 15 is 0 Å². The third kappa shape index (κ3) is 7.34. The van der Waals surface area contributed by atoms with Crippen LogP contribution in [0.1, 0.15) is 11.8 Å². The molecular weight excluding hydrogens is 360 g/mol. The fourth-order valence-electron chi connectivity index (χ4n) is 2.22. The molecule has 0 saturated heterocycles. The van der Waals surface area contributed by atoms with Gasteiger partial charge in [0.1, 0.15) is 18.1 Å². The standard InChI is InChI=1S/C18H23ClN2O3S/c1-3-23-14-4-6-15(7-5-14)24-11-10-20-18(22)13-21(2)12-16-8-9-17(19)25-16/h4-9H,3,10-13H2,1-2H3,(H,20,22). The van der Waals surface area contributed by atoms with Gasteiger partial charge >= 0.3 is 0 Å². The molecule has 25 heavy (non-hydrogen) atoms. The highest BCUT2D eigenvalue weighted by Crippen LogP contribution is 2.22. The van der Waals surface area contributed by atoms with Gasteiger partial charge in [0.15, 0.2) is 0 Å². The average molecular weight is 383 g/mol. The smallest absolute Gasteiger partial charge is 0.234 e. The molecule has 0 spiro atoms. The Kier molecular flexibility index (Phi) is 8.04. The maximum absolute atomic E-state index is 11.9. The van der Waals surface area contributed by atoms with Crippen molar-refractivity contribution in [3.05, 3.63) is 45.6 Å². The van der Waals surface area contributed by atoms with E-state index in [2.05, 4.69) is 5.32 Å². The normalized spacial score (nSPS) is 10.7. The molecule has 5 nitrogen and oxygen atoms in total. The summed E-state index contributed by atoms with van der Waals surface area (Å²) < 4.78 is 11.7. The number of amides is 1. The molecule has 0 unspecified atom stereocenters. The maximum Gasteiger partial charge on any atom is 0.234 e. The van der Waals surface area contributed by atoms with Gasteiger partial charge in [-0.05, 0) is 50.4 Å². The summed E-state index contributed by atoms with van der Waals surface area (Å²) in [6.45, 7) is 4.50. The van der Waals surface area contributed by atoms with Crippen molar-refractivity contribution < 1.29 is 14.3 Å². The van der Waals surface area contributed by atoms with Crippen molar-refractivity contribution in [1.29, 1.82) is 0 Å². The Morgan fingerprint density at radius 2 is 1.84 bits per heavy atom. The Bertz CT molecular complexity index is 661. The monoisotopic (exact) mass is 382 g/mol. The number of carbonyl (C=O) groups is 1. The molecule has 0 radical (unpaired) electrons. The van der Waals surface area contributed by atoms with Gasteiger partial charge < -0.3 is 14.8 Å². The van der Waals surface area contributed by atoms with Crippen LogP contribution in [0.3, 0.4) is 0 Å². The van der Waals surface area contributed by atoms with E-state index in [9.17, 15) is 4.79 Å². The van der Waals surface area contributed by atoms with Gasteiger partial charge in [-0.1, -0.05) is 11.6 Å². The second-order valence-corrected chi connectivity index (χ2v) is 7.28. The van der Waals surface area contributed by atoms with Gasteiger partial charge in [0.05, 0.1) is 24.0 Å². The van der Waals surface area contributed by atoms with Crippen molar-refractivity contribution in [2.75, 3.05) is 33.4 Å². The molecule has 1 N–H and O–H groups in total. The second-order valence-electron chi connectivity index (χ2n) is 5.48. The van der Waals surface area contributed by atoms with Gasteiger partial charge in [0.25, 0.3) is 0 Å². The number of thiophene rings is 1. The molecule has 0 atom stereocenters. The Morgan fingerprint density at radius 1 is 1.16 bits per heavy atom. The zero-order chi connectivity index (χ0) is 18.1. The lowest BCUT2D eigenvalue weighted by Gasteiger charge is -2.15. The molecular formula is C18H23ClN2O3S. The van der Waals surface area contributed by atoms with E-state index in [1.807, 2.05) is 55.3 Å². The van der Waals surface area contributed by atoms with Crippen LogP contribution < -0.4 is 14.8 Å². The Labute approximate surface area is 157 Å². The quantitative estimate of drug-likeness (QED) is 0.639. The number of carbonyl (C=O) groups excluding carboxylic acids is 1. The summed E-state index contributed by atoms with van der Waals surface area (Å²) in [6, 6.07) is 11.3. The minimum absolute atomic E-state index is 0.0274. The SMILES string of the molecule is CCOc1ccc(OCCNC(=O)CN(C)Cc2ccc(Cl)s2)cc1. The topological polar surface area (TPSA) is 50.8 Å². The Morgan fingerprint density at radius 3 is 2.44 bits per heavy atom. The molecule has 1 amide bonds. The summed E-state index contributed by atoms with van der Waals surface area (Å²) in [5.74, 6) is 1.54. The number of likely N-dealkylation sites (N-methyl/N-ethyl adjacent to an activating group) is 1. The fourth-order valence-corrected chi connectivity index (χ4v) is 3.39. The maximum atomic E-state index is 11.9. The van der Waals surface area contributed by atoms with E-state index in [1.54, 1.807) is 0 Å². The molecule has 0 aliphatic rings. The highest BCUT2D eigenvalue weighted by molar-refractivity contribution is 7.16. The van der Waals surface area contributed by atoms with Gasteiger partial charge in [-0.15, -0.1) is 11.3 Å². The first kappa shape index (κ1) is 19.6. The summed E-state index contributed by atoms with van der Waals surface area (Å²) >= 11 is 7.44. The van der Waals surface area contributed by atoms with Gasteiger partial charge in [0, 0.05) is 11.4 Å². The molecule has 0 fully saturated rings. The Balaban J connectivity index is 1.61. The van der Waals surface area contributed by atoms with Crippen LogP contribution in [-0.4, -0.2) is 44.2 Å². The van der Waals surface area contributed by atoms with E-state index in [0.29, 0.717) is 32.8 Å². The number of benzene rings is 1. The number of halogens is 1. The molecule has 0 saturated carbocycles. The zero-order valence-corrected chi connectivity index (χ0v) is 16.0. The number of ether oxygens (including phenoxy) is 2. The molecule has 2 aromatic rings. The lowest BCUT2D eigenvalue weighted by atomic mass is 10.3. The number of nitrogens with one attached hydrogen (secondary N) is 1. The average Bonchev–Trinajstić information content (AvgIpc) is 2.98. The molecule has 0 bridgehead atoms. The summed E-state index contributed by atoms with van der Waals surface area (Å²) in [5.41, 5.74) is 0. The largest absolute Gasteiger partial charge is 0.494 e. The lowest BCUT2D eigenvalue weighted by Crippen LogP contribution is -2.36. The number of rotatable bonds is 10. The molecule has 0 aliphatic carbocycles. The van der Waals surface area contributed by atoms with Crippen LogP contribution in [0.2, 0.25) is 4.34 Å². The first-order valence-electron chi connectivity index (χ1n) is 8.12. The molecule has 7 heteroatoms. The van der Waals surface area contributed by atoms with Gasteiger partial charge in [-0.2, -0.15) is 0 Å². The van der Waals surface area contributed by atoms with Crippen LogP contribution in [0.5, 0.6) is 11.5 Å². The Hall–Kier alpha value is -1.76. The summed E-state index contributed by atoms with van der Waals surface area (Å²) in [4.78, 5) is 15.0. The van der Waals surface area contributed by atoms with E-state index in [4.69, 9.17) is 21.1 Å². The van der Waals surface area contributed by atoms with E-state index in [-0.39, 0.29) is 5.91 Å². The minimum Gasteiger partial charge on any atom is -0.494 e. The lowest BCUT2D eigenvalue weighted by molar-refractivity contribution is -0.122. The highest BCUT2D eigenvalue weighted by Gasteiger charge is 2.08. The summed E-state index contributed by atoms with van der Waals surface area (Å²) in [6.07, 6.45) is 0. The van der Waals surface area contributed by atoms with Crippen molar-refractivity contribution in [2.45, 2.75) is 13.5 Å². The molecule has 2 rings (SSSR count). The van der Waals surface area contributed by atoms with Gasteiger partial charge in [-0.25, -0.2) is 0 Å². The van der Waals surface area contributed by atoms with E-state index in [1.165, 1.54) is 11.3 Å². The van der Waals surface area contributed by atoms with Crippen LogP contribution in [-0.2, 0) is 11.3 Å². The van der Waals surface area contributed by atoms with Crippen LogP contribution in [0.15, 0.2) is 36.4 Å². The third-order valence-corrected chi connectivity index (χ3v) is 4.51. The van der Waals surface area contributed by atoms with Crippen LogP contribution in [0.4, 0.5) is 0 Å². The number of hydrogen-bond acceptors (Lipinski definition) is 5. The summed E-state index contributed by atoms with van der Waals surface area (Å²) in [7, 11) is 1.91. The third-order valence-electron chi connectivity index (χ3n) is 3.30. The first-order chi connectivity index (χ1) is 12.1. The minimum atomic E-state index is -0.0274. The van der Waals surface area contributed by atoms with Crippen LogP contribution >= 0.6 is 22.9 Å². The first-order valence-corrected chi connectivity index (χ1v) is 9.31. The fraction of sp³-hybridized carbons (Fsp3) is 0.389.